The molecule has 2 unspecified atom stereocenters. The summed E-state index contributed by atoms with van der Waals surface area (Å²) in [5, 5.41) is 2.75. The Morgan fingerprint density at radius 1 is 1.19 bits per heavy atom. The maximum atomic E-state index is 13.7. The van der Waals surface area contributed by atoms with Crippen LogP contribution in [0.25, 0.3) is 0 Å². The summed E-state index contributed by atoms with van der Waals surface area (Å²) in [4.78, 5) is 13.1. The van der Waals surface area contributed by atoms with Gasteiger partial charge in [0.05, 0.1) is 24.5 Å². The molecule has 0 saturated carbocycles. The molecule has 2 aromatic rings. The van der Waals surface area contributed by atoms with Crippen molar-refractivity contribution in [3.05, 3.63) is 53.1 Å². The van der Waals surface area contributed by atoms with Crippen molar-refractivity contribution in [3.8, 4) is 11.5 Å². The van der Waals surface area contributed by atoms with Gasteiger partial charge in [-0.05, 0) is 55.3 Å². The van der Waals surface area contributed by atoms with E-state index >= 15 is 0 Å². The van der Waals surface area contributed by atoms with Gasteiger partial charge in [0.15, 0.2) is 11.5 Å². The van der Waals surface area contributed by atoms with Crippen molar-refractivity contribution in [2.24, 2.45) is 0 Å². The molecule has 3 rings (SSSR count). The van der Waals surface area contributed by atoms with Gasteiger partial charge in [-0.15, -0.1) is 11.8 Å². The summed E-state index contributed by atoms with van der Waals surface area (Å²) in [7, 11) is -0.946. The zero-order valence-electron chi connectivity index (χ0n) is 18.4. The number of carbonyl (C=O) groups excluding carboxylic acids is 1. The number of hydrogen-bond acceptors (Lipinski definition) is 6. The van der Waals surface area contributed by atoms with Crippen LogP contribution in [0.15, 0.2) is 47.4 Å². The molecule has 2 aromatic carbocycles. The van der Waals surface area contributed by atoms with Crippen molar-refractivity contribution in [1.29, 1.82) is 0 Å². The molecule has 10 heteroatoms. The van der Waals surface area contributed by atoms with E-state index in [1.807, 2.05) is 13.8 Å². The minimum atomic E-state index is -4.00. The number of thioether (sulfide) groups is 1. The summed E-state index contributed by atoms with van der Waals surface area (Å²) in [6.45, 7) is 3.85. The molecule has 1 N–H and O–H groups in total. The molecule has 0 spiro atoms. The first-order chi connectivity index (χ1) is 15.2. The van der Waals surface area contributed by atoms with Gasteiger partial charge in [0.25, 0.3) is 0 Å². The number of methoxy groups -OCH3 is 2. The quantitative estimate of drug-likeness (QED) is 0.590. The molecule has 1 saturated heterocycles. The number of halogens is 1. The Labute approximate surface area is 198 Å². The molecule has 0 aromatic heterocycles. The number of nitrogens with one attached hydrogen (secondary N) is 1. The number of carbonyl (C=O) groups is 1. The third kappa shape index (κ3) is 5.01. The van der Waals surface area contributed by atoms with E-state index in [4.69, 9.17) is 21.1 Å². The second-order valence-electron chi connectivity index (χ2n) is 7.42. The molecule has 0 radical (unpaired) electrons. The molecular formula is C22H27ClN2O5S2. The molecule has 1 aliphatic rings. The molecule has 1 fully saturated rings. The third-order valence-electron chi connectivity index (χ3n) is 5.34. The number of amides is 1. The van der Waals surface area contributed by atoms with Crippen LogP contribution in [0.2, 0.25) is 5.02 Å². The van der Waals surface area contributed by atoms with E-state index < -0.39 is 21.4 Å². The highest BCUT2D eigenvalue weighted by Crippen LogP contribution is 2.46. The molecule has 32 heavy (non-hydrogen) atoms. The standard InChI is InChI=1S/C22H27ClN2O5S2/c1-5-14(2)24-21(26)18-13-31-22(15-6-11-19(29-3)20(12-15)30-4)25(18)32(27,28)17-9-7-16(23)8-10-17/h6-12,14,18,22H,5,13H2,1-4H3,(H,24,26)/t14?,18-,22?/m0/s1. The molecule has 0 aliphatic carbocycles. The van der Waals surface area contributed by atoms with E-state index in [1.54, 1.807) is 18.2 Å². The van der Waals surface area contributed by atoms with Crippen LogP contribution in [-0.4, -0.2) is 50.7 Å². The molecule has 3 atom stereocenters. The average Bonchev–Trinajstić information content (AvgIpc) is 3.25. The largest absolute Gasteiger partial charge is 0.493 e. The predicted octanol–water partition coefficient (Wildman–Crippen LogP) is 4.08. The first kappa shape index (κ1) is 24.7. The van der Waals surface area contributed by atoms with E-state index in [0.717, 1.165) is 6.42 Å². The molecular weight excluding hydrogens is 472 g/mol. The third-order valence-corrected chi connectivity index (χ3v) is 8.93. The Kier molecular flexibility index (Phi) is 7.97. The lowest BCUT2D eigenvalue weighted by molar-refractivity contribution is -0.124. The maximum absolute atomic E-state index is 13.7. The maximum Gasteiger partial charge on any atom is 0.245 e. The van der Waals surface area contributed by atoms with E-state index in [1.165, 1.54) is 54.6 Å². The molecule has 1 amide bonds. The van der Waals surface area contributed by atoms with E-state index in [2.05, 4.69) is 5.32 Å². The number of nitrogens with zero attached hydrogens (tertiary/aromatic N) is 1. The summed E-state index contributed by atoms with van der Waals surface area (Å²) in [5.41, 5.74) is 0.698. The summed E-state index contributed by atoms with van der Waals surface area (Å²) < 4.78 is 39.4. The van der Waals surface area contributed by atoms with E-state index in [0.29, 0.717) is 27.8 Å². The average molecular weight is 499 g/mol. The topological polar surface area (TPSA) is 84.9 Å². The number of ether oxygens (including phenoxy) is 2. The molecule has 0 bridgehead atoms. The first-order valence-corrected chi connectivity index (χ1v) is 13.0. The van der Waals surface area contributed by atoms with Crippen LogP contribution in [0, 0.1) is 0 Å². The van der Waals surface area contributed by atoms with Gasteiger partial charge in [0.1, 0.15) is 6.04 Å². The van der Waals surface area contributed by atoms with Gasteiger partial charge in [0.2, 0.25) is 15.9 Å². The van der Waals surface area contributed by atoms with Gasteiger partial charge < -0.3 is 14.8 Å². The van der Waals surface area contributed by atoms with Crippen LogP contribution >= 0.6 is 23.4 Å². The van der Waals surface area contributed by atoms with Gasteiger partial charge in [-0.2, -0.15) is 4.31 Å². The lowest BCUT2D eigenvalue weighted by atomic mass is 10.1. The zero-order valence-corrected chi connectivity index (χ0v) is 20.8. The van der Waals surface area contributed by atoms with E-state index in [-0.39, 0.29) is 16.8 Å². The van der Waals surface area contributed by atoms with E-state index in [9.17, 15) is 13.2 Å². The van der Waals surface area contributed by atoms with Gasteiger partial charge in [-0.25, -0.2) is 8.42 Å². The SMILES string of the molecule is CCC(C)NC(=O)[C@@H]1CSC(c2ccc(OC)c(OC)c2)N1S(=O)(=O)c1ccc(Cl)cc1. The van der Waals surface area contributed by atoms with Crippen LogP contribution < -0.4 is 14.8 Å². The number of hydrogen-bond donors (Lipinski definition) is 1. The Hall–Kier alpha value is -1.94. The smallest absolute Gasteiger partial charge is 0.245 e. The Morgan fingerprint density at radius 2 is 1.84 bits per heavy atom. The van der Waals surface area contributed by atoms with Crippen LogP contribution in [-0.2, 0) is 14.8 Å². The van der Waals surface area contributed by atoms with Crippen LogP contribution in [0.3, 0.4) is 0 Å². The molecule has 174 valence electrons. The fourth-order valence-corrected chi connectivity index (χ4v) is 7.05. The van der Waals surface area contributed by atoms with Gasteiger partial charge in [-0.1, -0.05) is 24.6 Å². The summed E-state index contributed by atoms with van der Waals surface area (Å²) in [5.74, 6) is 1.04. The fraction of sp³-hybridized carbons (Fsp3) is 0.409. The van der Waals surface area contributed by atoms with Crippen LogP contribution in [0.5, 0.6) is 11.5 Å². The van der Waals surface area contributed by atoms with Crippen LogP contribution in [0.4, 0.5) is 0 Å². The number of benzene rings is 2. The zero-order chi connectivity index (χ0) is 23.5. The van der Waals surface area contributed by atoms with Crippen LogP contribution in [0.1, 0.15) is 31.2 Å². The van der Waals surface area contributed by atoms with Gasteiger partial charge >= 0.3 is 0 Å². The second kappa shape index (κ2) is 10.3. The lowest BCUT2D eigenvalue weighted by Gasteiger charge is -2.29. The highest BCUT2D eigenvalue weighted by molar-refractivity contribution is 8.01. The van der Waals surface area contributed by atoms with Crippen molar-refractivity contribution in [1.82, 2.24) is 9.62 Å². The van der Waals surface area contributed by atoms with Crippen molar-refractivity contribution >= 4 is 39.3 Å². The minimum Gasteiger partial charge on any atom is -0.493 e. The molecule has 1 heterocycles. The minimum absolute atomic E-state index is 0.0623. The highest BCUT2D eigenvalue weighted by atomic mass is 35.5. The first-order valence-electron chi connectivity index (χ1n) is 10.2. The summed E-state index contributed by atoms with van der Waals surface area (Å²) in [6, 6.07) is 10.3. The Morgan fingerprint density at radius 3 is 2.44 bits per heavy atom. The van der Waals surface area contributed by atoms with Crippen molar-refractivity contribution in [3.63, 3.8) is 0 Å². The Bertz CT molecular complexity index is 1060. The number of sulfonamides is 1. The summed E-state index contributed by atoms with van der Waals surface area (Å²) in [6.07, 6.45) is 0.745. The fourth-order valence-electron chi connectivity index (χ4n) is 3.40. The van der Waals surface area contributed by atoms with Gasteiger partial charge in [-0.3, -0.25) is 4.79 Å². The molecule has 1 aliphatic heterocycles. The lowest BCUT2D eigenvalue weighted by Crippen LogP contribution is -2.49. The predicted molar refractivity (Wildman–Crippen MR) is 127 cm³/mol. The Balaban J connectivity index is 2.07. The van der Waals surface area contributed by atoms with Gasteiger partial charge in [0, 0.05) is 16.8 Å². The highest BCUT2D eigenvalue weighted by Gasteiger charge is 2.47. The summed E-state index contributed by atoms with van der Waals surface area (Å²) >= 11 is 7.35. The van der Waals surface area contributed by atoms with Crippen molar-refractivity contribution in [2.45, 2.75) is 42.6 Å². The van der Waals surface area contributed by atoms with Crippen molar-refractivity contribution < 1.29 is 22.7 Å². The van der Waals surface area contributed by atoms with Crippen molar-refractivity contribution in [2.75, 3.05) is 20.0 Å². The normalized spacial score (nSPS) is 20.0. The second-order valence-corrected chi connectivity index (χ2v) is 10.8. The number of rotatable bonds is 8. The monoisotopic (exact) mass is 498 g/mol. The molecule has 7 nitrogen and oxygen atoms in total.